The molecule has 1 saturated heterocycles. The number of halogens is 2. The summed E-state index contributed by atoms with van der Waals surface area (Å²) in [7, 11) is 0. The van der Waals surface area contributed by atoms with E-state index >= 15 is 0 Å². The highest BCUT2D eigenvalue weighted by molar-refractivity contribution is 9.11. The zero-order chi connectivity index (χ0) is 12.7. The number of hydrogen-bond acceptors (Lipinski definition) is 2. The third kappa shape index (κ3) is 2.65. The molecule has 0 aliphatic carbocycles. The molecule has 17 heavy (non-hydrogen) atoms. The topological polar surface area (TPSA) is 9.23 Å². The molecule has 1 fully saturated rings. The Kier molecular flexibility index (Phi) is 4.39. The Morgan fingerprint density at radius 3 is 2.35 bits per heavy atom. The molecule has 0 bridgehead atoms. The molecule has 1 nitrogen and oxygen atoms in total. The standard InChI is InChI=1S/C13H18Br2OS/c1-6-7(2)16-8(3)12(6)13(15)10-5-11(14)17-9(10)4/h5-8,12-13H,1-4H3. The van der Waals surface area contributed by atoms with Crippen molar-refractivity contribution in [3.8, 4) is 0 Å². The van der Waals surface area contributed by atoms with Crippen LogP contribution in [0, 0.1) is 18.8 Å². The first-order valence-electron chi connectivity index (χ1n) is 5.97. The molecule has 5 atom stereocenters. The summed E-state index contributed by atoms with van der Waals surface area (Å²) in [5.41, 5.74) is 1.41. The smallest absolute Gasteiger partial charge is 0.0704 e. The van der Waals surface area contributed by atoms with E-state index in [-0.39, 0.29) is 0 Å². The van der Waals surface area contributed by atoms with Gasteiger partial charge in [-0.2, -0.15) is 0 Å². The number of rotatable bonds is 2. The minimum Gasteiger partial charge on any atom is -0.375 e. The summed E-state index contributed by atoms with van der Waals surface area (Å²) >= 11 is 9.26. The van der Waals surface area contributed by atoms with Crippen LogP contribution in [0.15, 0.2) is 9.85 Å². The van der Waals surface area contributed by atoms with Crippen LogP contribution in [-0.4, -0.2) is 12.2 Å². The van der Waals surface area contributed by atoms with Gasteiger partial charge in [-0.05, 0) is 54.2 Å². The van der Waals surface area contributed by atoms with Crippen molar-refractivity contribution in [3.63, 3.8) is 0 Å². The highest BCUT2D eigenvalue weighted by Crippen LogP contribution is 2.47. The lowest BCUT2D eigenvalue weighted by atomic mass is 9.84. The summed E-state index contributed by atoms with van der Waals surface area (Å²) in [6.07, 6.45) is 0.680. The largest absolute Gasteiger partial charge is 0.375 e. The summed E-state index contributed by atoms with van der Waals surface area (Å²) in [5.74, 6) is 1.14. The number of aryl methyl sites for hydroxylation is 1. The maximum absolute atomic E-state index is 5.94. The van der Waals surface area contributed by atoms with Crippen LogP contribution in [0.5, 0.6) is 0 Å². The van der Waals surface area contributed by atoms with Gasteiger partial charge >= 0.3 is 0 Å². The van der Waals surface area contributed by atoms with Gasteiger partial charge < -0.3 is 4.74 Å². The minimum absolute atomic E-state index is 0.322. The van der Waals surface area contributed by atoms with E-state index in [1.807, 2.05) is 0 Å². The Labute approximate surface area is 124 Å². The van der Waals surface area contributed by atoms with Crippen molar-refractivity contribution in [2.45, 2.75) is 44.7 Å². The van der Waals surface area contributed by atoms with Crippen LogP contribution in [0.2, 0.25) is 0 Å². The van der Waals surface area contributed by atoms with E-state index in [9.17, 15) is 0 Å². The van der Waals surface area contributed by atoms with Crippen LogP contribution in [0.4, 0.5) is 0 Å². The van der Waals surface area contributed by atoms with Gasteiger partial charge in [-0.25, -0.2) is 0 Å². The summed E-state index contributed by atoms with van der Waals surface area (Å²) in [4.78, 5) is 1.78. The lowest BCUT2D eigenvalue weighted by Gasteiger charge is -2.24. The van der Waals surface area contributed by atoms with Crippen molar-refractivity contribution in [2.75, 3.05) is 0 Å². The summed E-state index contributed by atoms with van der Waals surface area (Å²) in [5, 5.41) is 0. The second-order valence-corrected chi connectivity index (χ2v) is 8.57. The first-order chi connectivity index (χ1) is 7.91. The zero-order valence-electron chi connectivity index (χ0n) is 10.5. The van der Waals surface area contributed by atoms with Gasteiger partial charge in [-0.1, -0.05) is 22.9 Å². The maximum atomic E-state index is 5.94. The normalized spacial score (nSPS) is 35.2. The fraction of sp³-hybridized carbons (Fsp3) is 0.692. The number of thiophene rings is 1. The first kappa shape index (κ1) is 14.0. The van der Waals surface area contributed by atoms with E-state index in [4.69, 9.17) is 4.74 Å². The van der Waals surface area contributed by atoms with Gasteiger partial charge in [0.05, 0.1) is 16.0 Å². The van der Waals surface area contributed by atoms with Crippen molar-refractivity contribution in [1.82, 2.24) is 0 Å². The maximum Gasteiger partial charge on any atom is 0.0704 e. The van der Waals surface area contributed by atoms with Crippen molar-refractivity contribution in [1.29, 1.82) is 0 Å². The minimum atomic E-state index is 0.322. The van der Waals surface area contributed by atoms with E-state index in [0.29, 0.717) is 28.9 Å². The number of ether oxygens (including phenoxy) is 1. The second kappa shape index (κ2) is 5.32. The molecule has 1 aromatic heterocycles. The third-order valence-electron chi connectivity index (χ3n) is 3.88. The zero-order valence-corrected chi connectivity index (χ0v) is 14.5. The molecule has 0 spiro atoms. The highest BCUT2D eigenvalue weighted by atomic mass is 79.9. The second-order valence-electron chi connectivity index (χ2n) is 4.95. The molecule has 1 aliphatic rings. The van der Waals surface area contributed by atoms with Crippen LogP contribution < -0.4 is 0 Å². The van der Waals surface area contributed by atoms with E-state index < -0.39 is 0 Å². The Morgan fingerprint density at radius 1 is 1.29 bits per heavy atom. The lowest BCUT2D eigenvalue weighted by molar-refractivity contribution is 0.0511. The molecule has 1 aliphatic heterocycles. The number of alkyl halides is 1. The Bertz CT molecular complexity index is 404. The molecule has 0 saturated carbocycles. The van der Waals surface area contributed by atoms with E-state index in [2.05, 4.69) is 65.6 Å². The predicted octanol–water partition coefficient (Wildman–Crippen LogP) is 5.31. The molecule has 1 aromatic rings. The molecular weight excluding hydrogens is 364 g/mol. The average Bonchev–Trinajstić information content (AvgIpc) is 2.68. The summed E-state index contributed by atoms with van der Waals surface area (Å²) in [6, 6.07) is 2.24. The molecule has 0 radical (unpaired) electrons. The molecule has 0 amide bonds. The Morgan fingerprint density at radius 2 is 1.94 bits per heavy atom. The SMILES string of the molecule is Cc1sc(Br)cc1C(Br)C1C(C)OC(C)C1C. The highest BCUT2D eigenvalue weighted by Gasteiger charge is 2.41. The molecule has 2 heterocycles. The quantitative estimate of drug-likeness (QED) is 0.630. The fourth-order valence-electron chi connectivity index (χ4n) is 2.74. The molecule has 2 rings (SSSR count). The van der Waals surface area contributed by atoms with Crippen molar-refractivity contribution >= 4 is 43.2 Å². The van der Waals surface area contributed by atoms with E-state index in [1.165, 1.54) is 14.2 Å². The molecule has 5 unspecified atom stereocenters. The molecule has 4 heteroatoms. The predicted molar refractivity (Wildman–Crippen MR) is 81.1 cm³/mol. The monoisotopic (exact) mass is 380 g/mol. The van der Waals surface area contributed by atoms with E-state index in [0.717, 1.165) is 0 Å². The van der Waals surface area contributed by atoms with Gasteiger partial charge in [0.15, 0.2) is 0 Å². The van der Waals surface area contributed by atoms with Crippen LogP contribution >= 0.6 is 43.2 Å². The van der Waals surface area contributed by atoms with Crippen LogP contribution in [0.25, 0.3) is 0 Å². The van der Waals surface area contributed by atoms with Gasteiger partial charge in [-0.3, -0.25) is 0 Å². The third-order valence-corrected chi connectivity index (χ3v) is 6.55. The van der Waals surface area contributed by atoms with Crippen LogP contribution in [-0.2, 0) is 4.74 Å². The Hall–Kier alpha value is 0.620. The van der Waals surface area contributed by atoms with Crippen molar-refractivity contribution in [2.24, 2.45) is 11.8 Å². The van der Waals surface area contributed by atoms with Gasteiger partial charge in [-0.15, -0.1) is 11.3 Å². The molecular formula is C13H18Br2OS. The van der Waals surface area contributed by atoms with Crippen LogP contribution in [0.1, 0.15) is 36.0 Å². The average molecular weight is 382 g/mol. The van der Waals surface area contributed by atoms with Gasteiger partial charge in [0.25, 0.3) is 0 Å². The van der Waals surface area contributed by atoms with E-state index in [1.54, 1.807) is 11.3 Å². The molecule has 96 valence electrons. The van der Waals surface area contributed by atoms with Crippen LogP contribution in [0.3, 0.4) is 0 Å². The summed E-state index contributed by atoms with van der Waals surface area (Å²) in [6.45, 7) is 8.85. The number of hydrogen-bond donors (Lipinski definition) is 0. The lowest BCUT2D eigenvalue weighted by Crippen LogP contribution is -2.21. The molecule has 0 aromatic carbocycles. The van der Waals surface area contributed by atoms with Gasteiger partial charge in [0, 0.05) is 15.6 Å². The van der Waals surface area contributed by atoms with Crippen molar-refractivity contribution < 1.29 is 4.74 Å². The Balaban J connectivity index is 2.25. The van der Waals surface area contributed by atoms with Gasteiger partial charge in [0.2, 0.25) is 0 Å². The molecule has 0 N–H and O–H groups in total. The van der Waals surface area contributed by atoms with Crippen molar-refractivity contribution in [3.05, 3.63) is 20.3 Å². The van der Waals surface area contributed by atoms with Gasteiger partial charge in [0.1, 0.15) is 0 Å². The first-order valence-corrected chi connectivity index (χ1v) is 8.49. The summed E-state index contributed by atoms with van der Waals surface area (Å²) < 4.78 is 7.15. The fourth-order valence-corrected chi connectivity index (χ4v) is 6.03.